The van der Waals surface area contributed by atoms with Crippen LogP contribution < -0.4 is 0 Å². The highest BCUT2D eigenvalue weighted by atomic mass is 35.5. The fourth-order valence-corrected chi connectivity index (χ4v) is 4.13. The van der Waals surface area contributed by atoms with Gasteiger partial charge in [0.15, 0.2) is 0 Å². The number of ether oxygens (including phenoxy) is 1. The molecular formula is C22H20ClNO4S. The maximum atomic E-state index is 12.9. The van der Waals surface area contributed by atoms with Crippen LogP contribution in [-0.4, -0.2) is 25.7 Å². The SMILES string of the molecule is CN(Cc1ccccc1)S(=O)(=O)c1cccc(C(=O)OCc2ccccc2Cl)c1. The number of rotatable bonds is 7. The van der Waals surface area contributed by atoms with Crippen LogP contribution in [0.2, 0.25) is 5.02 Å². The molecule has 3 aromatic carbocycles. The highest BCUT2D eigenvalue weighted by Crippen LogP contribution is 2.20. The lowest BCUT2D eigenvalue weighted by atomic mass is 10.2. The first-order valence-electron chi connectivity index (χ1n) is 8.89. The number of carbonyl (C=O) groups is 1. The highest BCUT2D eigenvalue weighted by molar-refractivity contribution is 7.89. The molecule has 3 aromatic rings. The second-order valence-electron chi connectivity index (χ2n) is 6.44. The molecule has 0 amide bonds. The molecule has 0 saturated heterocycles. The van der Waals surface area contributed by atoms with Crippen molar-refractivity contribution in [2.75, 3.05) is 7.05 Å². The molecule has 0 atom stereocenters. The van der Waals surface area contributed by atoms with Gasteiger partial charge in [0.25, 0.3) is 0 Å². The number of nitrogens with zero attached hydrogens (tertiary/aromatic N) is 1. The van der Waals surface area contributed by atoms with Crippen LogP contribution in [0.1, 0.15) is 21.5 Å². The van der Waals surface area contributed by atoms with E-state index in [1.165, 1.54) is 35.6 Å². The van der Waals surface area contributed by atoms with E-state index in [1.807, 2.05) is 30.3 Å². The quantitative estimate of drug-likeness (QED) is 0.518. The Morgan fingerprint density at radius 1 is 0.966 bits per heavy atom. The molecule has 0 saturated carbocycles. The van der Waals surface area contributed by atoms with E-state index in [2.05, 4.69) is 0 Å². The minimum atomic E-state index is -3.76. The summed E-state index contributed by atoms with van der Waals surface area (Å²) in [6.07, 6.45) is 0. The molecule has 0 heterocycles. The first-order valence-corrected chi connectivity index (χ1v) is 10.7. The topological polar surface area (TPSA) is 63.7 Å². The minimum Gasteiger partial charge on any atom is -0.457 e. The van der Waals surface area contributed by atoms with E-state index in [0.717, 1.165) is 5.56 Å². The minimum absolute atomic E-state index is 0.00337. The number of hydrogen-bond acceptors (Lipinski definition) is 4. The smallest absolute Gasteiger partial charge is 0.338 e. The van der Waals surface area contributed by atoms with Crippen LogP contribution in [0.15, 0.2) is 83.8 Å². The van der Waals surface area contributed by atoms with Crippen LogP contribution >= 0.6 is 11.6 Å². The van der Waals surface area contributed by atoms with Gasteiger partial charge in [0.1, 0.15) is 6.61 Å². The van der Waals surface area contributed by atoms with Crippen molar-refractivity contribution >= 4 is 27.6 Å². The summed E-state index contributed by atoms with van der Waals surface area (Å²) in [6, 6.07) is 22.2. The molecule has 0 aliphatic rings. The number of halogens is 1. The Kier molecular flexibility index (Phi) is 6.69. The second-order valence-corrected chi connectivity index (χ2v) is 8.89. The maximum absolute atomic E-state index is 12.9. The molecule has 0 aliphatic carbocycles. The zero-order valence-corrected chi connectivity index (χ0v) is 17.4. The van der Waals surface area contributed by atoms with Crippen LogP contribution in [-0.2, 0) is 27.9 Å². The molecule has 5 nitrogen and oxygen atoms in total. The number of esters is 1. The van der Waals surface area contributed by atoms with E-state index >= 15 is 0 Å². The molecule has 0 fully saturated rings. The Bertz CT molecular complexity index is 1100. The van der Waals surface area contributed by atoms with Crippen LogP contribution in [0.3, 0.4) is 0 Å². The van der Waals surface area contributed by atoms with Crippen molar-refractivity contribution in [1.29, 1.82) is 0 Å². The summed E-state index contributed by atoms with van der Waals surface area (Å²) in [5, 5.41) is 0.499. The van der Waals surface area contributed by atoms with E-state index in [4.69, 9.17) is 16.3 Å². The van der Waals surface area contributed by atoms with E-state index in [0.29, 0.717) is 10.6 Å². The predicted octanol–water partition coefficient (Wildman–Crippen LogP) is 4.52. The summed E-state index contributed by atoms with van der Waals surface area (Å²) in [4.78, 5) is 12.4. The van der Waals surface area contributed by atoms with Gasteiger partial charge in [0.2, 0.25) is 10.0 Å². The average Bonchev–Trinajstić information content (AvgIpc) is 2.73. The Morgan fingerprint density at radius 3 is 2.38 bits per heavy atom. The van der Waals surface area contributed by atoms with Crippen molar-refractivity contribution in [3.05, 3.63) is 101 Å². The van der Waals surface area contributed by atoms with Gasteiger partial charge < -0.3 is 4.74 Å². The van der Waals surface area contributed by atoms with Gasteiger partial charge in [0.05, 0.1) is 10.5 Å². The van der Waals surface area contributed by atoms with Gasteiger partial charge in [-0.1, -0.05) is 66.2 Å². The van der Waals surface area contributed by atoms with Gasteiger partial charge in [-0.05, 0) is 29.8 Å². The lowest BCUT2D eigenvalue weighted by Crippen LogP contribution is -2.26. The van der Waals surface area contributed by atoms with Crippen molar-refractivity contribution in [1.82, 2.24) is 4.31 Å². The van der Waals surface area contributed by atoms with Crippen molar-refractivity contribution in [3.63, 3.8) is 0 Å². The second kappa shape index (κ2) is 9.22. The fraction of sp³-hybridized carbons (Fsp3) is 0.136. The first-order chi connectivity index (χ1) is 13.9. The Morgan fingerprint density at radius 2 is 1.66 bits per heavy atom. The Hall–Kier alpha value is -2.67. The molecule has 0 N–H and O–H groups in total. The first kappa shape index (κ1) is 21.0. The molecular weight excluding hydrogens is 410 g/mol. The molecule has 0 aliphatic heterocycles. The summed E-state index contributed by atoms with van der Waals surface area (Å²) in [5.74, 6) is -0.618. The van der Waals surface area contributed by atoms with Crippen LogP contribution in [0.25, 0.3) is 0 Å². The fourth-order valence-electron chi connectivity index (χ4n) is 2.73. The highest BCUT2D eigenvalue weighted by Gasteiger charge is 2.22. The van der Waals surface area contributed by atoms with Gasteiger partial charge in [-0.15, -0.1) is 0 Å². The molecule has 7 heteroatoms. The van der Waals surface area contributed by atoms with E-state index < -0.39 is 16.0 Å². The van der Waals surface area contributed by atoms with Crippen molar-refractivity contribution < 1.29 is 17.9 Å². The Labute approximate surface area is 175 Å². The predicted molar refractivity (Wildman–Crippen MR) is 112 cm³/mol. The van der Waals surface area contributed by atoms with Gasteiger partial charge in [0, 0.05) is 24.2 Å². The molecule has 29 heavy (non-hydrogen) atoms. The zero-order chi connectivity index (χ0) is 20.9. The lowest BCUT2D eigenvalue weighted by molar-refractivity contribution is 0.0472. The normalized spacial score (nSPS) is 11.4. The molecule has 0 aromatic heterocycles. The molecule has 3 rings (SSSR count). The van der Waals surface area contributed by atoms with E-state index in [1.54, 1.807) is 24.3 Å². The third-order valence-electron chi connectivity index (χ3n) is 4.34. The van der Waals surface area contributed by atoms with Crippen molar-refractivity contribution in [3.8, 4) is 0 Å². The number of benzene rings is 3. The van der Waals surface area contributed by atoms with Gasteiger partial charge in [-0.2, -0.15) is 4.31 Å². The average molecular weight is 430 g/mol. The summed E-state index contributed by atoms with van der Waals surface area (Å²) in [5.41, 5.74) is 1.70. The summed E-state index contributed by atoms with van der Waals surface area (Å²) < 4.78 is 32.3. The molecule has 0 spiro atoms. The largest absolute Gasteiger partial charge is 0.457 e. The molecule has 0 unspecified atom stereocenters. The van der Waals surface area contributed by atoms with Crippen LogP contribution in [0, 0.1) is 0 Å². The lowest BCUT2D eigenvalue weighted by Gasteiger charge is -2.17. The van der Waals surface area contributed by atoms with E-state index in [-0.39, 0.29) is 23.6 Å². The standard InChI is InChI=1S/C22H20ClNO4S/c1-24(15-17-8-3-2-4-9-17)29(26,27)20-12-7-11-18(14-20)22(25)28-16-19-10-5-6-13-21(19)23/h2-14H,15-16H2,1H3. The summed E-state index contributed by atoms with van der Waals surface area (Å²) in [6.45, 7) is 0.230. The third kappa shape index (κ3) is 5.23. The third-order valence-corrected chi connectivity index (χ3v) is 6.51. The molecule has 150 valence electrons. The van der Waals surface area contributed by atoms with Gasteiger partial charge >= 0.3 is 5.97 Å². The van der Waals surface area contributed by atoms with Crippen LogP contribution in [0.5, 0.6) is 0 Å². The molecule has 0 bridgehead atoms. The summed E-state index contributed by atoms with van der Waals surface area (Å²) >= 11 is 6.06. The van der Waals surface area contributed by atoms with Gasteiger partial charge in [-0.3, -0.25) is 0 Å². The number of hydrogen-bond donors (Lipinski definition) is 0. The number of carbonyl (C=O) groups excluding carboxylic acids is 1. The Balaban J connectivity index is 1.74. The van der Waals surface area contributed by atoms with Crippen LogP contribution in [0.4, 0.5) is 0 Å². The van der Waals surface area contributed by atoms with Crippen molar-refractivity contribution in [2.24, 2.45) is 0 Å². The zero-order valence-electron chi connectivity index (χ0n) is 15.8. The number of sulfonamides is 1. The maximum Gasteiger partial charge on any atom is 0.338 e. The van der Waals surface area contributed by atoms with Gasteiger partial charge in [-0.25, -0.2) is 13.2 Å². The monoisotopic (exact) mass is 429 g/mol. The summed E-state index contributed by atoms with van der Waals surface area (Å²) in [7, 11) is -2.26. The van der Waals surface area contributed by atoms with E-state index in [9.17, 15) is 13.2 Å². The molecule has 0 radical (unpaired) electrons. The van der Waals surface area contributed by atoms with Crippen molar-refractivity contribution in [2.45, 2.75) is 18.0 Å².